The number of amides is 1. The van der Waals surface area contributed by atoms with Gasteiger partial charge in [-0.1, -0.05) is 6.42 Å². The molecule has 1 saturated heterocycles. The largest absolute Gasteiger partial charge is 0.352 e. The minimum atomic E-state index is 0.320. The maximum absolute atomic E-state index is 11.7. The van der Waals surface area contributed by atoms with E-state index in [9.17, 15) is 4.79 Å². The summed E-state index contributed by atoms with van der Waals surface area (Å²) >= 11 is 0. The van der Waals surface area contributed by atoms with Gasteiger partial charge in [-0.15, -0.1) is 0 Å². The molecule has 0 aromatic rings. The summed E-state index contributed by atoms with van der Waals surface area (Å²) in [5.74, 6) is 1.63. The van der Waals surface area contributed by atoms with E-state index in [2.05, 4.69) is 10.2 Å². The van der Waals surface area contributed by atoms with E-state index >= 15 is 0 Å². The molecule has 3 nitrogen and oxygen atoms in total. The van der Waals surface area contributed by atoms with Crippen molar-refractivity contribution in [3.05, 3.63) is 0 Å². The fourth-order valence-corrected chi connectivity index (χ4v) is 3.04. The molecule has 0 aromatic carbocycles. The van der Waals surface area contributed by atoms with E-state index < -0.39 is 0 Å². The maximum Gasteiger partial charge on any atom is 0.223 e. The van der Waals surface area contributed by atoms with Gasteiger partial charge in [0.1, 0.15) is 0 Å². The molecule has 0 radical (unpaired) electrons. The zero-order chi connectivity index (χ0) is 11.7. The first-order valence-electron chi connectivity index (χ1n) is 7.34. The summed E-state index contributed by atoms with van der Waals surface area (Å²) in [5, 5.41) is 3.24. The Balaban J connectivity index is 1.43. The number of carbonyl (C=O) groups is 1. The second kappa shape index (κ2) is 4.97. The van der Waals surface area contributed by atoms with E-state index in [1.54, 1.807) is 0 Å². The van der Waals surface area contributed by atoms with E-state index in [0.29, 0.717) is 17.9 Å². The third kappa shape index (κ3) is 3.01. The van der Waals surface area contributed by atoms with Gasteiger partial charge < -0.3 is 10.2 Å². The van der Waals surface area contributed by atoms with Crippen molar-refractivity contribution in [2.45, 2.75) is 51.0 Å². The number of rotatable bonds is 4. The van der Waals surface area contributed by atoms with Gasteiger partial charge in [0.25, 0.3) is 0 Å². The normalized spacial score (nSPS) is 30.9. The SMILES string of the molecule is O=C(NC1CCCN(CC2CCC2)C1)C1CC1. The van der Waals surface area contributed by atoms with Gasteiger partial charge in [-0.2, -0.15) is 0 Å². The zero-order valence-electron chi connectivity index (χ0n) is 10.7. The first-order chi connectivity index (χ1) is 8.31. The average molecular weight is 236 g/mol. The quantitative estimate of drug-likeness (QED) is 0.807. The van der Waals surface area contributed by atoms with Crippen molar-refractivity contribution in [3.63, 3.8) is 0 Å². The van der Waals surface area contributed by atoms with Crippen LogP contribution in [0.3, 0.4) is 0 Å². The lowest BCUT2D eigenvalue weighted by atomic mass is 9.84. The minimum Gasteiger partial charge on any atom is -0.352 e. The molecular formula is C14H24N2O. The number of nitrogens with one attached hydrogen (secondary N) is 1. The van der Waals surface area contributed by atoms with E-state index in [0.717, 1.165) is 25.3 Å². The van der Waals surface area contributed by atoms with Gasteiger partial charge in [0, 0.05) is 25.0 Å². The van der Waals surface area contributed by atoms with Crippen LogP contribution in [0.2, 0.25) is 0 Å². The van der Waals surface area contributed by atoms with Crippen molar-refractivity contribution in [2.24, 2.45) is 11.8 Å². The lowest BCUT2D eigenvalue weighted by molar-refractivity contribution is -0.123. The van der Waals surface area contributed by atoms with Crippen LogP contribution in [-0.2, 0) is 4.79 Å². The van der Waals surface area contributed by atoms with Crippen molar-refractivity contribution in [3.8, 4) is 0 Å². The van der Waals surface area contributed by atoms with E-state index in [4.69, 9.17) is 0 Å². The second-order valence-corrected chi connectivity index (χ2v) is 6.18. The third-order valence-electron chi connectivity index (χ3n) is 4.54. The molecule has 1 heterocycles. The summed E-state index contributed by atoms with van der Waals surface area (Å²) in [4.78, 5) is 14.3. The predicted octanol–water partition coefficient (Wildman–Crippen LogP) is 1.78. The van der Waals surface area contributed by atoms with Crippen LogP contribution >= 0.6 is 0 Å². The Bertz CT molecular complexity index is 284. The van der Waals surface area contributed by atoms with Crippen LogP contribution < -0.4 is 5.32 Å². The van der Waals surface area contributed by atoms with Crippen molar-refractivity contribution < 1.29 is 4.79 Å². The number of hydrogen-bond acceptors (Lipinski definition) is 2. The van der Waals surface area contributed by atoms with Crippen LogP contribution in [0.1, 0.15) is 44.9 Å². The van der Waals surface area contributed by atoms with E-state index in [1.807, 2.05) is 0 Å². The molecule has 1 N–H and O–H groups in total. The molecule has 17 heavy (non-hydrogen) atoms. The lowest BCUT2D eigenvalue weighted by Gasteiger charge is -2.37. The Morgan fingerprint density at radius 1 is 1.12 bits per heavy atom. The van der Waals surface area contributed by atoms with Crippen molar-refractivity contribution >= 4 is 5.91 Å². The Labute approximate surface area is 104 Å². The minimum absolute atomic E-state index is 0.320. The molecule has 1 unspecified atom stereocenters. The molecule has 1 atom stereocenters. The van der Waals surface area contributed by atoms with E-state index in [1.165, 1.54) is 45.2 Å². The fraction of sp³-hybridized carbons (Fsp3) is 0.929. The van der Waals surface area contributed by atoms with Gasteiger partial charge in [-0.25, -0.2) is 0 Å². The smallest absolute Gasteiger partial charge is 0.223 e. The second-order valence-electron chi connectivity index (χ2n) is 6.18. The first-order valence-corrected chi connectivity index (χ1v) is 7.34. The lowest BCUT2D eigenvalue weighted by Crippen LogP contribution is -2.49. The highest BCUT2D eigenvalue weighted by molar-refractivity contribution is 5.81. The highest BCUT2D eigenvalue weighted by atomic mass is 16.2. The van der Waals surface area contributed by atoms with Gasteiger partial charge in [-0.3, -0.25) is 4.79 Å². The van der Waals surface area contributed by atoms with Gasteiger partial charge in [0.15, 0.2) is 0 Å². The van der Waals surface area contributed by atoms with Crippen LogP contribution in [0.5, 0.6) is 0 Å². The highest BCUT2D eigenvalue weighted by Crippen LogP contribution is 2.30. The number of hydrogen-bond donors (Lipinski definition) is 1. The molecular weight excluding hydrogens is 212 g/mol. The van der Waals surface area contributed by atoms with Crippen LogP contribution in [0, 0.1) is 11.8 Å². The Morgan fingerprint density at radius 2 is 1.94 bits per heavy atom. The third-order valence-corrected chi connectivity index (χ3v) is 4.54. The molecule has 2 saturated carbocycles. The Hall–Kier alpha value is -0.570. The molecule has 2 aliphatic carbocycles. The summed E-state index contributed by atoms with van der Waals surface area (Å²) in [6.07, 6.45) is 8.95. The van der Waals surface area contributed by atoms with Gasteiger partial charge >= 0.3 is 0 Å². The molecule has 96 valence electrons. The summed E-state index contributed by atoms with van der Waals surface area (Å²) in [5.41, 5.74) is 0. The van der Waals surface area contributed by atoms with Crippen molar-refractivity contribution in [1.82, 2.24) is 10.2 Å². The number of carbonyl (C=O) groups excluding carboxylic acids is 1. The first kappa shape index (κ1) is 11.5. The van der Waals surface area contributed by atoms with Gasteiger partial charge in [0.05, 0.1) is 0 Å². The summed E-state index contributed by atoms with van der Waals surface area (Å²) < 4.78 is 0. The zero-order valence-corrected chi connectivity index (χ0v) is 10.7. The molecule has 1 amide bonds. The molecule has 0 aromatic heterocycles. The Kier molecular flexibility index (Phi) is 3.37. The van der Waals surface area contributed by atoms with Crippen LogP contribution in [0.4, 0.5) is 0 Å². The fourth-order valence-electron chi connectivity index (χ4n) is 3.04. The predicted molar refractivity (Wildman–Crippen MR) is 67.7 cm³/mol. The Morgan fingerprint density at radius 3 is 2.59 bits per heavy atom. The van der Waals surface area contributed by atoms with Gasteiger partial charge in [-0.05, 0) is 51.0 Å². The monoisotopic (exact) mass is 236 g/mol. The van der Waals surface area contributed by atoms with Crippen LogP contribution in [0.15, 0.2) is 0 Å². The average Bonchev–Trinajstić information content (AvgIpc) is 3.08. The molecule has 3 rings (SSSR count). The van der Waals surface area contributed by atoms with E-state index in [-0.39, 0.29) is 0 Å². The number of piperidine rings is 1. The van der Waals surface area contributed by atoms with Crippen molar-refractivity contribution in [1.29, 1.82) is 0 Å². The molecule has 0 spiro atoms. The van der Waals surface area contributed by atoms with Gasteiger partial charge in [0.2, 0.25) is 5.91 Å². The summed E-state index contributed by atoms with van der Waals surface area (Å²) in [6, 6.07) is 0.428. The summed E-state index contributed by atoms with van der Waals surface area (Å²) in [6.45, 7) is 3.61. The number of likely N-dealkylation sites (tertiary alicyclic amines) is 1. The summed E-state index contributed by atoms with van der Waals surface area (Å²) in [7, 11) is 0. The maximum atomic E-state index is 11.7. The van der Waals surface area contributed by atoms with Crippen LogP contribution in [0.25, 0.3) is 0 Å². The standard InChI is InChI=1S/C14H24N2O/c17-14(12-6-7-12)15-13-5-2-8-16(10-13)9-11-3-1-4-11/h11-13H,1-10H2,(H,15,17). The molecule has 0 bridgehead atoms. The molecule has 3 heteroatoms. The van der Waals surface area contributed by atoms with Crippen LogP contribution in [-0.4, -0.2) is 36.5 Å². The molecule has 3 aliphatic rings. The molecule has 3 fully saturated rings. The highest BCUT2D eigenvalue weighted by Gasteiger charge is 2.32. The number of nitrogens with zero attached hydrogens (tertiary/aromatic N) is 1. The topological polar surface area (TPSA) is 32.3 Å². The molecule has 1 aliphatic heterocycles. The van der Waals surface area contributed by atoms with Crippen molar-refractivity contribution in [2.75, 3.05) is 19.6 Å².